The Morgan fingerprint density at radius 1 is 1.29 bits per heavy atom. The van der Waals surface area contributed by atoms with E-state index in [-0.39, 0.29) is 20.5 Å². The standard InChI is InChI=1S/C10H4ClF3O2Se/c11-5-1-2-7-6(3-5)9(15)8(4-16-7)17-10(12,13)14/h1-4H. The van der Waals surface area contributed by atoms with Gasteiger partial charge < -0.3 is 0 Å². The van der Waals surface area contributed by atoms with Crippen molar-refractivity contribution in [1.82, 2.24) is 0 Å². The van der Waals surface area contributed by atoms with Crippen LogP contribution in [0.2, 0.25) is 5.02 Å². The van der Waals surface area contributed by atoms with Gasteiger partial charge in [0.2, 0.25) is 0 Å². The Labute approximate surface area is 105 Å². The number of halogens is 4. The van der Waals surface area contributed by atoms with E-state index in [9.17, 15) is 18.0 Å². The Kier molecular flexibility index (Phi) is 3.21. The first-order chi connectivity index (χ1) is 7.87. The third-order valence-corrected chi connectivity index (χ3v) is 3.70. The van der Waals surface area contributed by atoms with Crippen LogP contribution in [-0.4, -0.2) is 20.0 Å². The molecule has 0 spiro atoms. The number of hydrogen-bond acceptors (Lipinski definition) is 2. The van der Waals surface area contributed by atoms with Gasteiger partial charge in [0.1, 0.15) is 0 Å². The number of rotatable bonds is 1. The second kappa shape index (κ2) is 4.37. The molecular formula is C10H4ClF3O2Se. The first kappa shape index (κ1) is 12.5. The zero-order valence-corrected chi connectivity index (χ0v) is 10.5. The molecule has 0 N–H and O–H groups in total. The molecule has 0 saturated heterocycles. The van der Waals surface area contributed by atoms with Crippen LogP contribution in [0, 0.1) is 0 Å². The molecule has 0 saturated carbocycles. The molecule has 0 amide bonds. The van der Waals surface area contributed by atoms with Gasteiger partial charge >= 0.3 is 104 Å². The third-order valence-electron chi connectivity index (χ3n) is 1.93. The van der Waals surface area contributed by atoms with Crippen LogP contribution in [0.25, 0.3) is 11.0 Å². The van der Waals surface area contributed by atoms with Gasteiger partial charge in [-0.25, -0.2) is 0 Å². The van der Waals surface area contributed by atoms with Gasteiger partial charge in [-0.1, -0.05) is 0 Å². The molecule has 2 aromatic rings. The molecule has 0 fully saturated rings. The van der Waals surface area contributed by atoms with Crippen molar-refractivity contribution >= 4 is 42.0 Å². The molecule has 1 heterocycles. The van der Waals surface area contributed by atoms with Crippen molar-refractivity contribution in [3.05, 3.63) is 39.7 Å². The van der Waals surface area contributed by atoms with Crippen LogP contribution >= 0.6 is 11.6 Å². The monoisotopic (exact) mass is 328 g/mol. The molecule has 0 atom stereocenters. The summed E-state index contributed by atoms with van der Waals surface area (Å²) in [5.41, 5.74) is -0.452. The van der Waals surface area contributed by atoms with E-state index in [1.807, 2.05) is 0 Å². The molecule has 1 aromatic heterocycles. The van der Waals surface area contributed by atoms with E-state index in [0.717, 1.165) is 6.26 Å². The van der Waals surface area contributed by atoms with Gasteiger partial charge in [-0.15, -0.1) is 0 Å². The van der Waals surface area contributed by atoms with E-state index in [0.29, 0.717) is 0 Å². The predicted octanol–water partition coefficient (Wildman–Crippen LogP) is 2.30. The van der Waals surface area contributed by atoms with Crippen LogP contribution in [0.3, 0.4) is 0 Å². The van der Waals surface area contributed by atoms with Gasteiger partial charge in [0.05, 0.1) is 0 Å². The van der Waals surface area contributed by atoms with Crippen molar-refractivity contribution in [2.45, 2.75) is 5.07 Å². The summed E-state index contributed by atoms with van der Waals surface area (Å²) in [6.45, 7) is 0. The molecule has 0 aliphatic carbocycles. The van der Waals surface area contributed by atoms with Crippen molar-refractivity contribution in [2.24, 2.45) is 0 Å². The van der Waals surface area contributed by atoms with Crippen molar-refractivity contribution in [3.63, 3.8) is 0 Å². The first-order valence-corrected chi connectivity index (χ1v) is 6.43. The van der Waals surface area contributed by atoms with Crippen LogP contribution in [0.1, 0.15) is 0 Å². The van der Waals surface area contributed by atoms with E-state index in [1.165, 1.54) is 18.2 Å². The van der Waals surface area contributed by atoms with Crippen molar-refractivity contribution < 1.29 is 17.6 Å². The summed E-state index contributed by atoms with van der Waals surface area (Å²) in [6.07, 6.45) is 0.867. The first-order valence-electron chi connectivity index (χ1n) is 4.33. The van der Waals surface area contributed by atoms with Crippen LogP contribution < -0.4 is 9.89 Å². The minimum atomic E-state index is -4.38. The van der Waals surface area contributed by atoms with Gasteiger partial charge in [-0.3, -0.25) is 0 Å². The van der Waals surface area contributed by atoms with Crippen molar-refractivity contribution in [3.8, 4) is 0 Å². The fourth-order valence-electron chi connectivity index (χ4n) is 1.28. The molecule has 0 radical (unpaired) electrons. The van der Waals surface area contributed by atoms with Crippen LogP contribution in [0.5, 0.6) is 0 Å². The summed E-state index contributed by atoms with van der Waals surface area (Å²) >= 11 is 3.77. The predicted molar refractivity (Wildman–Crippen MR) is 58.9 cm³/mol. The van der Waals surface area contributed by atoms with E-state index < -0.39 is 25.5 Å². The Morgan fingerprint density at radius 2 is 2.00 bits per heavy atom. The van der Waals surface area contributed by atoms with E-state index in [2.05, 4.69) is 0 Å². The second-order valence-electron chi connectivity index (χ2n) is 3.12. The summed E-state index contributed by atoms with van der Waals surface area (Å²) in [6, 6.07) is 4.25. The average molecular weight is 328 g/mol. The molecule has 90 valence electrons. The summed E-state index contributed by atoms with van der Waals surface area (Å²) in [4.78, 5) is 11.8. The summed E-state index contributed by atoms with van der Waals surface area (Å²) < 4.78 is 41.3. The Morgan fingerprint density at radius 3 is 2.65 bits per heavy atom. The molecule has 0 bridgehead atoms. The quantitative estimate of drug-likeness (QED) is 0.752. The summed E-state index contributed by atoms with van der Waals surface area (Å²) in [5, 5.41) is -4.03. The molecule has 0 aliphatic heterocycles. The van der Waals surface area contributed by atoms with E-state index in [1.54, 1.807) is 0 Å². The summed E-state index contributed by atoms with van der Waals surface area (Å²) in [7, 11) is 0. The number of alkyl halides is 3. The minimum absolute atomic E-state index is 0.0705. The van der Waals surface area contributed by atoms with Crippen LogP contribution in [-0.2, 0) is 0 Å². The second-order valence-corrected chi connectivity index (χ2v) is 5.88. The SMILES string of the molecule is O=c1c([Se]C(F)(F)F)coc2ccc(Cl)cc12. The molecule has 7 heteroatoms. The van der Waals surface area contributed by atoms with Gasteiger partial charge in [-0.05, 0) is 0 Å². The fourth-order valence-corrected chi connectivity index (χ4v) is 2.60. The number of benzene rings is 1. The molecule has 0 unspecified atom stereocenters. The van der Waals surface area contributed by atoms with Crippen molar-refractivity contribution in [1.29, 1.82) is 0 Å². The van der Waals surface area contributed by atoms with Gasteiger partial charge in [-0.2, -0.15) is 0 Å². The Bertz CT molecular complexity index is 621. The fraction of sp³-hybridized carbons (Fsp3) is 0.100. The third kappa shape index (κ3) is 2.83. The molecule has 0 aliphatic rings. The van der Waals surface area contributed by atoms with Gasteiger partial charge in [0, 0.05) is 0 Å². The Balaban J connectivity index is 2.61. The maximum atomic E-state index is 12.2. The molecule has 2 rings (SSSR count). The number of fused-ring (bicyclic) bond motifs is 1. The molecular weight excluding hydrogens is 324 g/mol. The van der Waals surface area contributed by atoms with E-state index >= 15 is 0 Å². The summed E-state index contributed by atoms with van der Waals surface area (Å²) in [5.74, 6) is 0. The average Bonchev–Trinajstić information content (AvgIpc) is 2.21. The van der Waals surface area contributed by atoms with Gasteiger partial charge in [0.15, 0.2) is 0 Å². The van der Waals surface area contributed by atoms with Crippen LogP contribution in [0.4, 0.5) is 13.2 Å². The zero-order chi connectivity index (χ0) is 12.6. The van der Waals surface area contributed by atoms with Crippen LogP contribution in [0.15, 0.2) is 33.7 Å². The van der Waals surface area contributed by atoms with E-state index in [4.69, 9.17) is 16.0 Å². The number of hydrogen-bond donors (Lipinski definition) is 0. The normalized spacial score (nSPS) is 12.0. The molecule has 1 aromatic carbocycles. The molecule has 2 nitrogen and oxygen atoms in total. The zero-order valence-electron chi connectivity index (χ0n) is 8.05. The maximum absolute atomic E-state index is 12.2. The molecule has 17 heavy (non-hydrogen) atoms. The topological polar surface area (TPSA) is 30.2 Å². The van der Waals surface area contributed by atoms with Crippen molar-refractivity contribution in [2.75, 3.05) is 0 Å². The Hall–Kier alpha value is -0.971. The van der Waals surface area contributed by atoms with Gasteiger partial charge in [0.25, 0.3) is 0 Å².